The van der Waals surface area contributed by atoms with E-state index >= 15 is 0 Å². The average molecular weight is 447 g/mol. The van der Waals surface area contributed by atoms with Gasteiger partial charge < -0.3 is 19.3 Å². The normalized spacial score (nSPS) is 13.5. The predicted molar refractivity (Wildman–Crippen MR) is 134 cm³/mol. The van der Waals surface area contributed by atoms with Crippen LogP contribution in [0.4, 0.5) is 0 Å². The summed E-state index contributed by atoms with van der Waals surface area (Å²) in [5.41, 5.74) is 3.18. The van der Waals surface area contributed by atoms with Gasteiger partial charge in [-0.3, -0.25) is 4.79 Å². The molecule has 1 aliphatic rings. The van der Waals surface area contributed by atoms with Crippen LogP contribution < -0.4 is 9.47 Å². The molecule has 0 aliphatic carbocycles. The Balaban J connectivity index is 1.22. The fraction of sp³-hybridized carbons (Fsp3) is 0.393. The van der Waals surface area contributed by atoms with E-state index in [4.69, 9.17) is 9.47 Å². The SMILES string of the molecule is COc1cc2c(cc1OC)C(=O)N(CCCN(C)CCCc1ccc3ccccc3c1)CC2. The number of carbonyl (C=O) groups is 1. The first kappa shape index (κ1) is 23.1. The summed E-state index contributed by atoms with van der Waals surface area (Å²) in [6, 6.07) is 19.0. The Hall–Kier alpha value is -3.05. The molecule has 0 unspecified atom stereocenters. The van der Waals surface area contributed by atoms with Gasteiger partial charge in [0.25, 0.3) is 5.91 Å². The number of ether oxygens (including phenoxy) is 2. The quantitative estimate of drug-likeness (QED) is 0.448. The Bertz CT molecular complexity index is 1110. The van der Waals surface area contributed by atoms with E-state index in [-0.39, 0.29) is 5.91 Å². The third-order valence-electron chi connectivity index (χ3n) is 6.57. The lowest BCUT2D eigenvalue weighted by molar-refractivity contribution is 0.0732. The zero-order chi connectivity index (χ0) is 23.2. The van der Waals surface area contributed by atoms with Crippen LogP contribution in [0.1, 0.15) is 34.3 Å². The molecule has 0 fully saturated rings. The van der Waals surface area contributed by atoms with Crippen molar-refractivity contribution in [3.8, 4) is 11.5 Å². The number of hydrogen-bond donors (Lipinski definition) is 0. The van der Waals surface area contributed by atoms with E-state index in [1.165, 1.54) is 16.3 Å². The van der Waals surface area contributed by atoms with E-state index in [0.717, 1.165) is 63.0 Å². The summed E-state index contributed by atoms with van der Waals surface area (Å²) in [5.74, 6) is 1.39. The second-order valence-electron chi connectivity index (χ2n) is 8.85. The van der Waals surface area contributed by atoms with Crippen LogP contribution in [-0.4, -0.2) is 63.2 Å². The van der Waals surface area contributed by atoms with Gasteiger partial charge in [-0.25, -0.2) is 0 Å². The third kappa shape index (κ3) is 5.48. The molecule has 0 atom stereocenters. The van der Waals surface area contributed by atoms with Crippen molar-refractivity contribution in [3.05, 3.63) is 71.3 Å². The van der Waals surface area contributed by atoms with E-state index in [1.807, 2.05) is 17.0 Å². The predicted octanol–water partition coefficient (Wildman–Crippen LogP) is 4.81. The van der Waals surface area contributed by atoms with Crippen molar-refractivity contribution in [2.24, 2.45) is 0 Å². The Labute approximate surface area is 196 Å². The van der Waals surface area contributed by atoms with Crippen molar-refractivity contribution in [2.45, 2.75) is 25.7 Å². The summed E-state index contributed by atoms with van der Waals surface area (Å²) in [6.07, 6.45) is 4.04. The molecule has 0 bridgehead atoms. The topological polar surface area (TPSA) is 42.0 Å². The van der Waals surface area contributed by atoms with Gasteiger partial charge in [0, 0.05) is 18.7 Å². The van der Waals surface area contributed by atoms with Crippen molar-refractivity contribution in [2.75, 3.05) is 47.4 Å². The summed E-state index contributed by atoms with van der Waals surface area (Å²) in [6.45, 7) is 3.58. The Morgan fingerprint density at radius 1 is 0.909 bits per heavy atom. The van der Waals surface area contributed by atoms with Crippen LogP contribution >= 0.6 is 0 Å². The molecular formula is C28H34N2O3. The minimum atomic E-state index is 0.0937. The number of amides is 1. The number of methoxy groups -OCH3 is 2. The number of benzene rings is 3. The molecule has 0 saturated carbocycles. The first-order chi connectivity index (χ1) is 16.1. The third-order valence-corrected chi connectivity index (χ3v) is 6.57. The minimum absolute atomic E-state index is 0.0937. The molecule has 1 heterocycles. The van der Waals surface area contributed by atoms with Crippen LogP contribution in [0, 0.1) is 0 Å². The maximum atomic E-state index is 13.0. The van der Waals surface area contributed by atoms with Gasteiger partial charge in [-0.15, -0.1) is 0 Å². The Morgan fingerprint density at radius 3 is 2.42 bits per heavy atom. The molecule has 4 rings (SSSR count). The first-order valence-corrected chi connectivity index (χ1v) is 11.8. The molecule has 33 heavy (non-hydrogen) atoms. The molecule has 5 heteroatoms. The average Bonchev–Trinajstić information content (AvgIpc) is 2.84. The smallest absolute Gasteiger partial charge is 0.254 e. The maximum Gasteiger partial charge on any atom is 0.254 e. The van der Waals surface area contributed by atoms with E-state index in [1.54, 1.807) is 14.2 Å². The molecule has 3 aromatic rings. The van der Waals surface area contributed by atoms with Gasteiger partial charge >= 0.3 is 0 Å². The highest BCUT2D eigenvalue weighted by Crippen LogP contribution is 2.33. The summed E-state index contributed by atoms with van der Waals surface area (Å²) in [5, 5.41) is 2.61. The molecule has 0 spiro atoms. The van der Waals surface area contributed by atoms with Gasteiger partial charge in [0.1, 0.15) is 0 Å². The van der Waals surface area contributed by atoms with Gasteiger partial charge in [-0.1, -0.05) is 42.5 Å². The summed E-state index contributed by atoms with van der Waals surface area (Å²) in [7, 11) is 5.40. The van der Waals surface area contributed by atoms with Crippen LogP contribution in [0.15, 0.2) is 54.6 Å². The molecule has 5 nitrogen and oxygen atoms in total. The van der Waals surface area contributed by atoms with E-state index in [2.05, 4.69) is 54.4 Å². The summed E-state index contributed by atoms with van der Waals surface area (Å²) < 4.78 is 10.8. The van der Waals surface area contributed by atoms with Crippen LogP contribution in [0.3, 0.4) is 0 Å². The van der Waals surface area contributed by atoms with Gasteiger partial charge in [-0.05, 0) is 79.9 Å². The largest absolute Gasteiger partial charge is 0.493 e. The second kappa shape index (κ2) is 10.7. The fourth-order valence-corrected chi connectivity index (χ4v) is 4.66. The lowest BCUT2D eigenvalue weighted by Gasteiger charge is -2.30. The van der Waals surface area contributed by atoms with Crippen LogP contribution in [-0.2, 0) is 12.8 Å². The highest BCUT2D eigenvalue weighted by atomic mass is 16.5. The number of aryl methyl sites for hydroxylation is 1. The zero-order valence-electron chi connectivity index (χ0n) is 20.0. The highest BCUT2D eigenvalue weighted by molar-refractivity contribution is 5.97. The Morgan fingerprint density at radius 2 is 1.64 bits per heavy atom. The van der Waals surface area contributed by atoms with Gasteiger partial charge in [0.15, 0.2) is 11.5 Å². The molecule has 1 amide bonds. The number of rotatable bonds is 10. The van der Waals surface area contributed by atoms with Gasteiger partial charge in [-0.2, -0.15) is 0 Å². The Kier molecular flexibility index (Phi) is 7.50. The lowest BCUT2D eigenvalue weighted by atomic mass is 9.98. The van der Waals surface area contributed by atoms with Gasteiger partial charge in [0.05, 0.1) is 14.2 Å². The molecule has 3 aromatic carbocycles. The van der Waals surface area contributed by atoms with Crippen molar-refractivity contribution in [1.29, 1.82) is 0 Å². The van der Waals surface area contributed by atoms with Crippen LogP contribution in [0.2, 0.25) is 0 Å². The number of nitrogens with zero attached hydrogens (tertiary/aromatic N) is 2. The zero-order valence-corrected chi connectivity index (χ0v) is 20.0. The lowest BCUT2D eigenvalue weighted by Crippen LogP contribution is -2.39. The fourth-order valence-electron chi connectivity index (χ4n) is 4.66. The second-order valence-corrected chi connectivity index (χ2v) is 8.85. The minimum Gasteiger partial charge on any atom is -0.493 e. The molecule has 0 saturated heterocycles. The first-order valence-electron chi connectivity index (χ1n) is 11.8. The molecular weight excluding hydrogens is 412 g/mol. The van der Waals surface area contributed by atoms with E-state index in [9.17, 15) is 4.79 Å². The number of fused-ring (bicyclic) bond motifs is 2. The van der Waals surface area contributed by atoms with Crippen molar-refractivity contribution in [1.82, 2.24) is 9.80 Å². The number of carbonyl (C=O) groups excluding carboxylic acids is 1. The molecule has 0 aromatic heterocycles. The van der Waals surface area contributed by atoms with Gasteiger partial charge in [0.2, 0.25) is 0 Å². The maximum absolute atomic E-state index is 13.0. The van der Waals surface area contributed by atoms with E-state index < -0.39 is 0 Å². The standard InChI is InChI=1S/C28H34N2O3/c1-29(14-6-8-21-11-12-22-9-4-5-10-23(22)18-21)15-7-16-30-17-13-24-19-26(32-2)27(33-3)20-25(24)28(30)31/h4-5,9-12,18-20H,6-8,13-17H2,1-3H3. The van der Waals surface area contributed by atoms with Crippen LogP contribution in [0.5, 0.6) is 11.5 Å². The molecule has 0 radical (unpaired) electrons. The highest BCUT2D eigenvalue weighted by Gasteiger charge is 2.26. The molecule has 0 N–H and O–H groups in total. The van der Waals surface area contributed by atoms with E-state index in [0.29, 0.717) is 11.5 Å². The molecule has 1 aliphatic heterocycles. The molecule has 174 valence electrons. The summed E-state index contributed by atoms with van der Waals surface area (Å²) in [4.78, 5) is 17.3. The number of hydrogen-bond acceptors (Lipinski definition) is 4. The van der Waals surface area contributed by atoms with Crippen molar-refractivity contribution >= 4 is 16.7 Å². The van der Waals surface area contributed by atoms with Crippen molar-refractivity contribution in [3.63, 3.8) is 0 Å². The van der Waals surface area contributed by atoms with Crippen molar-refractivity contribution < 1.29 is 14.3 Å². The van der Waals surface area contributed by atoms with Crippen LogP contribution in [0.25, 0.3) is 10.8 Å². The monoisotopic (exact) mass is 446 g/mol. The summed E-state index contributed by atoms with van der Waals surface area (Å²) >= 11 is 0.